The van der Waals surface area contributed by atoms with Gasteiger partial charge in [0.05, 0.1) is 13.2 Å². The van der Waals surface area contributed by atoms with E-state index in [9.17, 15) is 4.79 Å². The van der Waals surface area contributed by atoms with Crippen LogP contribution in [0.3, 0.4) is 0 Å². The van der Waals surface area contributed by atoms with Gasteiger partial charge in [0, 0.05) is 6.61 Å². The van der Waals surface area contributed by atoms with Gasteiger partial charge in [-0.3, -0.25) is 4.79 Å². The van der Waals surface area contributed by atoms with Gasteiger partial charge in [-0.05, 0) is 13.3 Å². The number of esters is 1. The minimum atomic E-state index is -0.642. The lowest BCUT2D eigenvalue weighted by atomic mass is 10.3. The van der Waals surface area contributed by atoms with Crippen molar-refractivity contribution in [3.63, 3.8) is 0 Å². The average molecular weight is 175 g/mol. The summed E-state index contributed by atoms with van der Waals surface area (Å²) < 4.78 is 9.78. The van der Waals surface area contributed by atoms with E-state index < -0.39 is 12.0 Å². The molecule has 0 amide bonds. The summed E-state index contributed by atoms with van der Waals surface area (Å²) in [5.74, 6) is -0.395. The van der Waals surface area contributed by atoms with Crippen molar-refractivity contribution in [2.45, 2.75) is 26.3 Å². The predicted molar refractivity (Wildman–Crippen MR) is 45.7 cm³/mol. The van der Waals surface area contributed by atoms with Gasteiger partial charge in [-0.15, -0.1) is 0 Å². The Labute approximate surface area is 73.0 Å². The fourth-order valence-electron chi connectivity index (χ4n) is 0.672. The molecule has 0 aliphatic carbocycles. The van der Waals surface area contributed by atoms with Gasteiger partial charge in [0.15, 0.2) is 0 Å². The molecular weight excluding hydrogens is 158 g/mol. The molecule has 4 heteroatoms. The van der Waals surface area contributed by atoms with Crippen LogP contribution < -0.4 is 5.73 Å². The molecule has 12 heavy (non-hydrogen) atoms. The number of carbonyl (C=O) groups is 1. The van der Waals surface area contributed by atoms with E-state index in [1.807, 2.05) is 6.92 Å². The molecule has 0 aromatic heterocycles. The van der Waals surface area contributed by atoms with Crippen LogP contribution in [0.15, 0.2) is 0 Å². The van der Waals surface area contributed by atoms with E-state index in [0.717, 1.165) is 6.42 Å². The SMILES string of the molecule is CCCOC[C@H](N)C(=O)OCC. The Hall–Kier alpha value is -0.610. The van der Waals surface area contributed by atoms with Crippen LogP contribution in [0.1, 0.15) is 20.3 Å². The molecule has 0 radical (unpaired) electrons. The zero-order valence-corrected chi connectivity index (χ0v) is 7.71. The van der Waals surface area contributed by atoms with Crippen molar-refractivity contribution < 1.29 is 14.3 Å². The molecule has 0 aromatic rings. The van der Waals surface area contributed by atoms with Gasteiger partial charge in [0.2, 0.25) is 0 Å². The molecule has 72 valence electrons. The Bertz CT molecular complexity index is 127. The maximum Gasteiger partial charge on any atom is 0.325 e. The van der Waals surface area contributed by atoms with Crippen LogP contribution >= 0.6 is 0 Å². The molecule has 0 fully saturated rings. The minimum Gasteiger partial charge on any atom is -0.465 e. The van der Waals surface area contributed by atoms with E-state index >= 15 is 0 Å². The highest BCUT2D eigenvalue weighted by Crippen LogP contribution is 1.88. The third-order valence-corrected chi connectivity index (χ3v) is 1.24. The Balaban J connectivity index is 3.42. The van der Waals surface area contributed by atoms with Crippen molar-refractivity contribution in [2.24, 2.45) is 5.73 Å². The molecule has 0 rings (SSSR count). The quantitative estimate of drug-likeness (QED) is 0.466. The van der Waals surface area contributed by atoms with Crippen molar-refractivity contribution >= 4 is 5.97 Å². The Morgan fingerprint density at radius 1 is 1.50 bits per heavy atom. The van der Waals surface area contributed by atoms with Gasteiger partial charge in [-0.25, -0.2) is 0 Å². The molecule has 4 nitrogen and oxygen atoms in total. The van der Waals surface area contributed by atoms with Crippen LogP contribution in [0.25, 0.3) is 0 Å². The number of carbonyl (C=O) groups excluding carboxylic acids is 1. The zero-order chi connectivity index (χ0) is 9.40. The second-order valence-electron chi connectivity index (χ2n) is 2.43. The van der Waals surface area contributed by atoms with Gasteiger partial charge in [0.25, 0.3) is 0 Å². The van der Waals surface area contributed by atoms with Crippen molar-refractivity contribution in [1.82, 2.24) is 0 Å². The fourth-order valence-corrected chi connectivity index (χ4v) is 0.672. The van der Waals surface area contributed by atoms with Gasteiger partial charge in [-0.1, -0.05) is 6.92 Å². The predicted octanol–water partition coefficient (Wildman–Crippen LogP) is 0.303. The van der Waals surface area contributed by atoms with E-state index in [1.54, 1.807) is 6.92 Å². The van der Waals surface area contributed by atoms with Crippen molar-refractivity contribution in [2.75, 3.05) is 19.8 Å². The summed E-state index contributed by atoms with van der Waals surface area (Å²) in [6.07, 6.45) is 0.926. The second-order valence-corrected chi connectivity index (χ2v) is 2.43. The van der Waals surface area contributed by atoms with Crippen molar-refractivity contribution in [1.29, 1.82) is 0 Å². The highest BCUT2D eigenvalue weighted by molar-refractivity contribution is 5.75. The summed E-state index contributed by atoms with van der Waals surface area (Å²) in [5, 5.41) is 0. The highest BCUT2D eigenvalue weighted by Gasteiger charge is 2.13. The average Bonchev–Trinajstić information content (AvgIpc) is 2.05. The molecule has 0 aliphatic heterocycles. The van der Waals surface area contributed by atoms with Gasteiger partial charge in [0.1, 0.15) is 6.04 Å². The topological polar surface area (TPSA) is 61.5 Å². The standard InChI is InChI=1S/C8H17NO3/c1-3-5-11-6-7(9)8(10)12-4-2/h7H,3-6,9H2,1-2H3/t7-/m0/s1. The Morgan fingerprint density at radius 3 is 2.67 bits per heavy atom. The van der Waals surface area contributed by atoms with E-state index in [-0.39, 0.29) is 6.61 Å². The number of ether oxygens (including phenoxy) is 2. The number of rotatable bonds is 6. The Morgan fingerprint density at radius 2 is 2.17 bits per heavy atom. The maximum absolute atomic E-state index is 10.9. The highest BCUT2D eigenvalue weighted by atomic mass is 16.5. The van der Waals surface area contributed by atoms with Crippen molar-refractivity contribution in [3.05, 3.63) is 0 Å². The minimum absolute atomic E-state index is 0.243. The van der Waals surface area contributed by atoms with Gasteiger partial charge >= 0.3 is 5.97 Å². The Kier molecular flexibility index (Phi) is 6.70. The summed E-state index contributed by atoms with van der Waals surface area (Å²) in [4.78, 5) is 10.9. The lowest BCUT2D eigenvalue weighted by molar-refractivity contribution is -0.146. The van der Waals surface area contributed by atoms with Gasteiger partial charge < -0.3 is 15.2 Å². The molecule has 0 bridgehead atoms. The molecule has 0 aromatic carbocycles. The number of nitrogens with two attached hydrogens (primary N) is 1. The van der Waals surface area contributed by atoms with Crippen LogP contribution in [-0.4, -0.2) is 31.8 Å². The molecule has 0 unspecified atom stereocenters. The first kappa shape index (κ1) is 11.4. The first-order valence-corrected chi connectivity index (χ1v) is 4.22. The first-order valence-electron chi connectivity index (χ1n) is 4.22. The summed E-state index contributed by atoms with van der Waals surface area (Å²) in [6.45, 7) is 4.98. The van der Waals surface area contributed by atoms with Crippen molar-refractivity contribution in [3.8, 4) is 0 Å². The van der Waals surface area contributed by atoms with Crippen LogP contribution in [0, 0.1) is 0 Å². The van der Waals surface area contributed by atoms with Crippen LogP contribution in [0.4, 0.5) is 0 Å². The lowest BCUT2D eigenvalue weighted by Crippen LogP contribution is -2.36. The molecule has 0 heterocycles. The summed E-state index contributed by atoms with van der Waals surface area (Å²) >= 11 is 0. The summed E-state index contributed by atoms with van der Waals surface area (Å²) in [6, 6.07) is -0.642. The normalized spacial score (nSPS) is 12.6. The molecule has 0 aliphatic rings. The second kappa shape index (κ2) is 7.06. The third kappa shape index (κ3) is 5.09. The molecular formula is C8H17NO3. The van der Waals surface area contributed by atoms with E-state index in [1.165, 1.54) is 0 Å². The van der Waals surface area contributed by atoms with Crippen LogP contribution in [0.5, 0.6) is 0 Å². The smallest absolute Gasteiger partial charge is 0.325 e. The number of hydrogen-bond acceptors (Lipinski definition) is 4. The summed E-state index contributed by atoms with van der Waals surface area (Å²) in [7, 11) is 0. The van der Waals surface area contributed by atoms with E-state index in [4.69, 9.17) is 15.2 Å². The molecule has 0 spiro atoms. The van der Waals surface area contributed by atoms with E-state index in [2.05, 4.69) is 0 Å². The lowest BCUT2D eigenvalue weighted by Gasteiger charge is -2.09. The zero-order valence-electron chi connectivity index (χ0n) is 7.71. The monoisotopic (exact) mass is 175 g/mol. The van der Waals surface area contributed by atoms with Crippen LogP contribution in [-0.2, 0) is 14.3 Å². The first-order chi connectivity index (χ1) is 5.72. The molecule has 1 atom stereocenters. The van der Waals surface area contributed by atoms with E-state index in [0.29, 0.717) is 13.2 Å². The molecule has 0 saturated heterocycles. The number of hydrogen-bond donors (Lipinski definition) is 1. The van der Waals surface area contributed by atoms with Crippen LogP contribution in [0.2, 0.25) is 0 Å². The largest absolute Gasteiger partial charge is 0.465 e. The van der Waals surface area contributed by atoms with Gasteiger partial charge in [-0.2, -0.15) is 0 Å². The summed E-state index contributed by atoms with van der Waals surface area (Å²) in [5.41, 5.74) is 5.44. The maximum atomic E-state index is 10.9. The molecule has 2 N–H and O–H groups in total. The third-order valence-electron chi connectivity index (χ3n) is 1.24. The fraction of sp³-hybridized carbons (Fsp3) is 0.875. The molecule has 0 saturated carbocycles.